The summed E-state index contributed by atoms with van der Waals surface area (Å²) in [4.78, 5) is 43.9. The van der Waals surface area contributed by atoms with Gasteiger partial charge in [-0.05, 0) is 99.4 Å². The number of amides is 3. The van der Waals surface area contributed by atoms with E-state index in [9.17, 15) is 25.1 Å². The number of aryl methyl sites for hydroxylation is 2. The molecule has 10 heteroatoms. The molecule has 0 saturated carbocycles. The number of carbonyl (C=O) groups excluding carboxylic acids is 3. The molecule has 0 bridgehead atoms. The van der Waals surface area contributed by atoms with Crippen molar-refractivity contribution in [3.8, 4) is 6.07 Å². The van der Waals surface area contributed by atoms with Crippen molar-refractivity contribution in [2.24, 2.45) is 0 Å². The summed E-state index contributed by atoms with van der Waals surface area (Å²) in [6.45, 7) is 6.69. The van der Waals surface area contributed by atoms with Crippen LogP contribution in [0.2, 0.25) is 0 Å². The van der Waals surface area contributed by atoms with Crippen LogP contribution in [0.5, 0.6) is 0 Å². The van der Waals surface area contributed by atoms with Crippen LogP contribution in [0.25, 0.3) is 0 Å². The standard InChI is InChI=1S/C35H47N7O3/c1-22(2)39-34(37)35(19-23(3)38-21-31(43)42-16-8-9-28(42)20-36)29-14-12-26(32(44)40(4)5)17-24(29)10-11-25-18-27(13-15-30(25)35)33(45)41(6)7/h12-15,17-18,22-23,28,38H,8-11,16,19,21H2,1-7H3,(H2,37,39)/t23-,28?/m0/s1. The Kier molecular flexibility index (Phi) is 10.3. The summed E-state index contributed by atoms with van der Waals surface area (Å²) in [5.74, 6) is 0.0381. The first-order valence-corrected chi connectivity index (χ1v) is 15.8. The molecule has 0 spiro atoms. The summed E-state index contributed by atoms with van der Waals surface area (Å²) in [5, 5.41) is 25.9. The van der Waals surface area contributed by atoms with Crippen LogP contribution in [-0.4, -0.2) is 97.7 Å². The average molecular weight is 614 g/mol. The zero-order valence-corrected chi connectivity index (χ0v) is 27.7. The number of likely N-dealkylation sites (tertiary alicyclic amines) is 1. The van der Waals surface area contributed by atoms with Gasteiger partial charge in [-0.3, -0.25) is 19.8 Å². The first-order valence-electron chi connectivity index (χ1n) is 15.8. The number of amidine groups is 1. The van der Waals surface area contributed by atoms with E-state index in [2.05, 4.69) is 16.7 Å². The maximum absolute atomic E-state index is 13.1. The third-order valence-corrected chi connectivity index (χ3v) is 8.90. The van der Waals surface area contributed by atoms with Gasteiger partial charge in [0.1, 0.15) is 11.9 Å². The number of nitrogens with zero attached hydrogens (tertiary/aromatic N) is 4. The van der Waals surface area contributed by atoms with Gasteiger partial charge >= 0.3 is 0 Å². The second kappa shape index (κ2) is 13.8. The predicted molar refractivity (Wildman–Crippen MR) is 176 cm³/mol. The van der Waals surface area contributed by atoms with Crippen LogP contribution in [-0.2, 0) is 23.1 Å². The second-order valence-electron chi connectivity index (χ2n) is 13.1. The van der Waals surface area contributed by atoms with Crippen LogP contribution in [0.3, 0.4) is 0 Å². The van der Waals surface area contributed by atoms with E-state index >= 15 is 0 Å². The van der Waals surface area contributed by atoms with Crippen molar-refractivity contribution in [3.05, 3.63) is 69.8 Å². The largest absolute Gasteiger partial charge is 0.371 e. The highest BCUT2D eigenvalue weighted by molar-refractivity contribution is 5.99. The lowest BCUT2D eigenvalue weighted by atomic mass is 9.67. The number of hydrogen-bond donors (Lipinski definition) is 3. The predicted octanol–water partition coefficient (Wildman–Crippen LogP) is 3.33. The number of carbonyl (C=O) groups is 3. The Bertz CT molecular complexity index is 1440. The summed E-state index contributed by atoms with van der Waals surface area (Å²) in [5.41, 5.74) is 4.04. The highest BCUT2D eigenvalue weighted by atomic mass is 16.2. The van der Waals surface area contributed by atoms with E-state index in [1.54, 1.807) is 42.9 Å². The van der Waals surface area contributed by atoms with E-state index in [0.717, 1.165) is 28.7 Å². The molecule has 2 atom stereocenters. The highest BCUT2D eigenvalue weighted by Gasteiger charge is 2.45. The van der Waals surface area contributed by atoms with Crippen molar-refractivity contribution in [2.75, 3.05) is 41.3 Å². The molecule has 2 aromatic rings. The summed E-state index contributed by atoms with van der Waals surface area (Å²) in [7, 11) is 6.93. The number of nitrogens with one attached hydrogen (secondary N) is 3. The minimum absolute atomic E-state index is 0.0170. The van der Waals surface area contributed by atoms with Crippen LogP contribution < -0.4 is 10.6 Å². The third kappa shape index (κ3) is 6.89. The van der Waals surface area contributed by atoms with E-state index in [-0.39, 0.29) is 42.4 Å². The fourth-order valence-electron chi connectivity index (χ4n) is 6.73. The molecule has 45 heavy (non-hydrogen) atoms. The van der Waals surface area contributed by atoms with Crippen molar-refractivity contribution in [2.45, 2.75) is 76.4 Å². The zero-order valence-electron chi connectivity index (χ0n) is 27.7. The van der Waals surface area contributed by atoms with Gasteiger partial charge < -0.3 is 25.3 Å². The first kappa shape index (κ1) is 33.7. The molecule has 10 nitrogen and oxygen atoms in total. The summed E-state index contributed by atoms with van der Waals surface area (Å²) < 4.78 is 0. The monoisotopic (exact) mass is 613 g/mol. The molecule has 1 fully saturated rings. The summed E-state index contributed by atoms with van der Waals surface area (Å²) in [6.07, 6.45) is 3.24. The Morgan fingerprint density at radius 2 is 1.51 bits per heavy atom. The molecule has 3 amide bonds. The van der Waals surface area contributed by atoms with Gasteiger partial charge in [0.25, 0.3) is 11.8 Å². The minimum atomic E-state index is -0.955. The van der Waals surface area contributed by atoms with Crippen molar-refractivity contribution in [1.29, 1.82) is 10.7 Å². The van der Waals surface area contributed by atoms with Gasteiger partial charge in [-0.1, -0.05) is 12.1 Å². The Morgan fingerprint density at radius 1 is 0.978 bits per heavy atom. The van der Waals surface area contributed by atoms with Crippen molar-refractivity contribution in [1.82, 2.24) is 25.3 Å². The van der Waals surface area contributed by atoms with Crippen molar-refractivity contribution in [3.63, 3.8) is 0 Å². The lowest BCUT2D eigenvalue weighted by Gasteiger charge is -2.40. The second-order valence-corrected chi connectivity index (χ2v) is 13.1. The lowest BCUT2D eigenvalue weighted by molar-refractivity contribution is -0.130. The molecule has 1 saturated heterocycles. The summed E-state index contributed by atoms with van der Waals surface area (Å²) in [6, 6.07) is 13.2. The van der Waals surface area contributed by atoms with Crippen LogP contribution in [0.4, 0.5) is 0 Å². The number of rotatable bonds is 9. The van der Waals surface area contributed by atoms with Gasteiger partial charge in [0.05, 0.1) is 18.0 Å². The average Bonchev–Trinajstić information content (AvgIpc) is 3.44. The van der Waals surface area contributed by atoms with E-state index in [4.69, 9.17) is 0 Å². The van der Waals surface area contributed by atoms with E-state index in [1.807, 2.05) is 57.2 Å². The maximum Gasteiger partial charge on any atom is 0.253 e. The Balaban J connectivity index is 1.84. The molecule has 1 unspecified atom stereocenters. The van der Waals surface area contributed by atoms with Gasteiger partial charge in [-0.25, -0.2) is 0 Å². The minimum Gasteiger partial charge on any atom is -0.371 e. The summed E-state index contributed by atoms with van der Waals surface area (Å²) >= 11 is 0. The van der Waals surface area contributed by atoms with E-state index in [0.29, 0.717) is 49.2 Å². The molecule has 3 N–H and O–H groups in total. The molecular weight excluding hydrogens is 566 g/mol. The van der Waals surface area contributed by atoms with Gasteiger partial charge in [0, 0.05) is 57.9 Å². The SMILES string of the molecule is CC(C)NC(=N)C1(C[C@H](C)NCC(=O)N2CCCC2C#N)c2ccc(C(=O)N(C)C)cc2CCc2cc(C(=O)N(C)C)ccc21. The van der Waals surface area contributed by atoms with Crippen LogP contribution in [0.1, 0.15) is 83.0 Å². The Morgan fingerprint density at radius 3 is 1.98 bits per heavy atom. The quantitative estimate of drug-likeness (QED) is 0.294. The van der Waals surface area contributed by atoms with Gasteiger partial charge in [-0.2, -0.15) is 5.26 Å². The molecule has 4 rings (SSSR count). The number of benzene rings is 2. The number of hydrogen-bond acceptors (Lipinski definition) is 6. The number of nitriles is 1. The van der Waals surface area contributed by atoms with Crippen LogP contribution >= 0.6 is 0 Å². The van der Waals surface area contributed by atoms with Crippen LogP contribution in [0.15, 0.2) is 36.4 Å². The molecule has 0 aromatic heterocycles. The smallest absolute Gasteiger partial charge is 0.253 e. The third-order valence-electron chi connectivity index (χ3n) is 8.90. The normalized spacial score (nSPS) is 17.4. The molecule has 1 aliphatic heterocycles. The topological polar surface area (TPSA) is 133 Å². The molecule has 2 aromatic carbocycles. The fraction of sp³-hybridized carbons (Fsp3) is 0.514. The molecule has 240 valence electrons. The van der Waals surface area contributed by atoms with Gasteiger partial charge in [0.15, 0.2) is 0 Å². The zero-order chi connectivity index (χ0) is 33.1. The molecule has 1 aliphatic carbocycles. The van der Waals surface area contributed by atoms with E-state index in [1.165, 1.54) is 0 Å². The molecule has 0 radical (unpaired) electrons. The van der Waals surface area contributed by atoms with Gasteiger partial charge in [0.2, 0.25) is 5.91 Å². The van der Waals surface area contributed by atoms with E-state index < -0.39 is 5.41 Å². The van der Waals surface area contributed by atoms with Crippen LogP contribution in [0, 0.1) is 16.7 Å². The lowest BCUT2D eigenvalue weighted by Crippen LogP contribution is -2.51. The first-order chi connectivity index (χ1) is 21.3. The Labute approximate surface area is 267 Å². The maximum atomic E-state index is 13.1. The molecule has 2 aliphatic rings. The number of fused-ring (bicyclic) bond motifs is 2. The Hall–Kier alpha value is -4.23. The van der Waals surface area contributed by atoms with Crippen molar-refractivity contribution < 1.29 is 14.4 Å². The van der Waals surface area contributed by atoms with Crippen molar-refractivity contribution >= 4 is 23.6 Å². The molecule has 1 heterocycles. The fourth-order valence-corrected chi connectivity index (χ4v) is 6.73. The highest BCUT2D eigenvalue weighted by Crippen LogP contribution is 2.44. The van der Waals surface area contributed by atoms with Gasteiger partial charge in [-0.15, -0.1) is 0 Å². The molecular formula is C35H47N7O3.